The highest BCUT2D eigenvalue weighted by atomic mass is 19.4. The van der Waals surface area contributed by atoms with Gasteiger partial charge in [0, 0.05) is 25.3 Å². The standard InChI is InChI=1S/C29H35F3N2O2/c1-3-21-14-23(10-11-24(21)16-34-17-25(18-34)28(35)36)19(2)33-15-20-9-12-26(22-7-5-4-6-8-22)27(13-20)29(30,31)32/h9-14,22,25H,3-8,15-18H2,1-2H3,(H,35,36)/b33-19-. The number of carboxylic acids is 1. The van der Waals surface area contributed by atoms with Gasteiger partial charge in [-0.25, -0.2) is 0 Å². The Hall–Kier alpha value is -2.67. The lowest BCUT2D eigenvalue weighted by atomic mass is 9.81. The number of likely N-dealkylation sites (tertiary alicyclic amines) is 1. The second-order valence-corrected chi connectivity index (χ2v) is 10.2. The number of benzene rings is 2. The first kappa shape index (κ1) is 26.4. The molecule has 36 heavy (non-hydrogen) atoms. The molecule has 2 aromatic carbocycles. The Labute approximate surface area is 211 Å². The number of alkyl halides is 3. The van der Waals surface area contributed by atoms with Crippen LogP contribution in [0.25, 0.3) is 0 Å². The Morgan fingerprint density at radius 3 is 2.42 bits per heavy atom. The number of hydrogen-bond donors (Lipinski definition) is 1. The van der Waals surface area contributed by atoms with Crippen molar-refractivity contribution < 1.29 is 23.1 Å². The van der Waals surface area contributed by atoms with E-state index in [1.54, 1.807) is 12.1 Å². The molecule has 1 saturated carbocycles. The third-order valence-corrected chi connectivity index (χ3v) is 7.67. The molecule has 1 aliphatic carbocycles. The predicted octanol–water partition coefficient (Wildman–Crippen LogP) is 6.84. The molecule has 194 valence electrons. The van der Waals surface area contributed by atoms with Crippen molar-refractivity contribution >= 4 is 11.7 Å². The molecule has 0 atom stereocenters. The molecule has 1 saturated heterocycles. The van der Waals surface area contributed by atoms with Gasteiger partial charge in [0.2, 0.25) is 0 Å². The summed E-state index contributed by atoms with van der Waals surface area (Å²) in [6.45, 7) is 6.03. The topological polar surface area (TPSA) is 52.9 Å². The fourth-order valence-corrected chi connectivity index (χ4v) is 5.45. The maximum absolute atomic E-state index is 13.9. The van der Waals surface area contributed by atoms with Gasteiger partial charge in [0.05, 0.1) is 18.0 Å². The van der Waals surface area contributed by atoms with Gasteiger partial charge in [-0.3, -0.25) is 14.7 Å². The van der Waals surface area contributed by atoms with Crippen LogP contribution < -0.4 is 0 Å². The lowest BCUT2D eigenvalue weighted by Crippen LogP contribution is -2.49. The summed E-state index contributed by atoms with van der Waals surface area (Å²) in [4.78, 5) is 17.8. The molecule has 2 fully saturated rings. The van der Waals surface area contributed by atoms with Crippen molar-refractivity contribution in [2.24, 2.45) is 10.9 Å². The first-order valence-electron chi connectivity index (χ1n) is 12.9. The molecule has 0 radical (unpaired) electrons. The monoisotopic (exact) mass is 500 g/mol. The van der Waals surface area contributed by atoms with E-state index in [1.165, 1.54) is 17.2 Å². The van der Waals surface area contributed by atoms with E-state index < -0.39 is 17.7 Å². The van der Waals surface area contributed by atoms with Gasteiger partial charge in [-0.15, -0.1) is 0 Å². The number of aliphatic imine (C=N–C) groups is 1. The van der Waals surface area contributed by atoms with Crippen LogP contribution in [0, 0.1) is 5.92 Å². The van der Waals surface area contributed by atoms with Crippen LogP contribution in [0.4, 0.5) is 13.2 Å². The van der Waals surface area contributed by atoms with Crippen molar-refractivity contribution in [3.8, 4) is 0 Å². The van der Waals surface area contributed by atoms with E-state index >= 15 is 0 Å². The van der Waals surface area contributed by atoms with E-state index in [4.69, 9.17) is 5.11 Å². The third-order valence-electron chi connectivity index (χ3n) is 7.67. The number of halogens is 3. The third kappa shape index (κ3) is 6.17. The van der Waals surface area contributed by atoms with Crippen LogP contribution in [0.2, 0.25) is 0 Å². The minimum atomic E-state index is -4.37. The van der Waals surface area contributed by atoms with Gasteiger partial charge in [-0.2, -0.15) is 13.2 Å². The van der Waals surface area contributed by atoms with Gasteiger partial charge in [-0.1, -0.05) is 50.5 Å². The van der Waals surface area contributed by atoms with E-state index in [-0.39, 0.29) is 18.4 Å². The maximum atomic E-state index is 13.9. The molecule has 4 rings (SSSR count). The maximum Gasteiger partial charge on any atom is 0.416 e. The van der Waals surface area contributed by atoms with Crippen LogP contribution in [0.3, 0.4) is 0 Å². The van der Waals surface area contributed by atoms with Crippen molar-refractivity contribution in [1.82, 2.24) is 4.90 Å². The number of nitrogens with zero attached hydrogens (tertiary/aromatic N) is 2. The Morgan fingerprint density at radius 1 is 1.06 bits per heavy atom. The zero-order valence-corrected chi connectivity index (χ0v) is 21.1. The average molecular weight is 501 g/mol. The summed E-state index contributed by atoms with van der Waals surface area (Å²) in [6, 6.07) is 10.9. The van der Waals surface area contributed by atoms with Crippen molar-refractivity contribution in [2.75, 3.05) is 13.1 Å². The van der Waals surface area contributed by atoms with Crippen molar-refractivity contribution in [1.29, 1.82) is 0 Å². The SMILES string of the molecule is CCc1cc(/C(C)=N\Cc2ccc(C3CCCCC3)c(C(F)(F)F)c2)ccc1CN1CC(C(=O)O)C1. The number of aryl methyl sites for hydroxylation is 1. The minimum absolute atomic E-state index is 0.00748. The summed E-state index contributed by atoms with van der Waals surface area (Å²) in [6.07, 6.45) is 1.21. The van der Waals surface area contributed by atoms with Crippen LogP contribution in [0.15, 0.2) is 41.4 Å². The Bertz CT molecular complexity index is 1110. The number of carboxylic acid groups (broad SMARTS) is 1. The van der Waals surface area contributed by atoms with E-state index in [0.717, 1.165) is 56.3 Å². The van der Waals surface area contributed by atoms with Crippen molar-refractivity contribution in [3.05, 3.63) is 69.8 Å². The zero-order valence-electron chi connectivity index (χ0n) is 21.1. The summed E-state index contributed by atoms with van der Waals surface area (Å²) in [7, 11) is 0. The van der Waals surface area contributed by atoms with Crippen molar-refractivity contribution in [3.63, 3.8) is 0 Å². The molecule has 2 aliphatic rings. The molecule has 1 N–H and O–H groups in total. The van der Waals surface area contributed by atoms with Gasteiger partial charge in [-0.05, 0) is 72.1 Å². The quantitative estimate of drug-likeness (QED) is 0.404. The van der Waals surface area contributed by atoms with E-state index in [1.807, 2.05) is 13.0 Å². The Balaban J connectivity index is 1.47. The number of aliphatic carboxylic acids is 1. The minimum Gasteiger partial charge on any atom is -0.481 e. The Morgan fingerprint density at radius 2 is 1.78 bits per heavy atom. The smallest absolute Gasteiger partial charge is 0.416 e. The van der Waals surface area contributed by atoms with Crippen molar-refractivity contribution in [2.45, 2.75) is 77.6 Å². The second-order valence-electron chi connectivity index (χ2n) is 10.2. The Kier molecular flexibility index (Phi) is 8.18. The molecule has 7 heteroatoms. The molecule has 0 unspecified atom stereocenters. The summed E-state index contributed by atoms with van der Waals surface area (Å²) in [5.41, 5.74) is 4.59. The first-order chi connectivity index (χ1) is 17.2. The zero-order chi connectivity index (χ0) is 25.9. The summed E-state index contributed by atoms with van der Waals surface area (Å²) in [5.74, 6) is -1.03. The van der Waals surface area contributed by atoms with E-state index in [0.29, 0.717) is 24.2 Å². The molecule has 0 amide bonds. The first-order valence-corrected chi connectivity index (χ1v) is 12.9. The van der Waals surface area contributed by atoms with Crippen LogP contribution in [-0.4, -0.2) is 34.8 Å². The van der Waals surface area contributed by atoms with Gasteiger partial charge in [0.1, 0.15) is 0 Å². The lowest BCUT2D eigenvalue weighted by Gasteiger charge is -2.37. The molecular formula is C29H35F3N2O2. The number of rotatable bonds is 8. The summed E-state index contributed by atoms with van der Waals surface area (Å²) in [5, 5.41) is 9.08. The molecule has 0 aromatic heterocycles. The molecule has 0 spiro atoms. The number of hydrogen-bond acceptors (Lipinski definition) is 3. The van der Waals surface area contributed by atoms with Crippen LogP contribution in [-0.2, 0) is 30.5 Å². The normalized spacial score (nSPS) is 18.3. The number of carbonyl (C=O) groups is 1. The highest BCUT2D eigenvalue weighted by molar-refractivity contribution is 5.98. The second kappa shape index (κ2) is 11.2. The molecule has 1 aliphatic heterocycles. The summed E-state index contributed by atoms with van der Waals surface area (Å²) >= 11 is 0. The fourth-order valence-electron chi connectivity index (χ4n) is 5.45. The molecule has 2 aromatic rings. The van der Waals surface area contributed by atoms with Crippen LogP contribution in [0.5, 0.6) is 0 Å². The van der Waals surface area contributed by atoms with E-state index in [9.17, 15) is 18.0 Å². The predicted molar refractivity (Wildman–Crippen MR) is 135 cm³/mol. The summed E-state index contributed by atoms with van der Waals surface area (Å²) < 4.78 is 41.6. The van der Waals surface area contributed by atoms with Crippen LogP contribution >= 0.6 is 0 Å². The highest BCUT2D eigenvalue weighted by Gasteiger charge is 2.36. The highest BCUT2D eigenvalue weighted by Crippen LogP contribution is 2.41. The molecular weight excluding hydrogens is 465 g/mol. The lowest BCUT2D eigenvalue weighted by molar-refractivity contribution is -0.147. The van der Waals surface area contributed by atoms with Crippen LogP contribution in [0.1, 0.15) is 85.3 Å². The van der Waals surface area contributed by atoms with Gasteiger partial charge in [0.25, 0.3) is 0 Å². The van der Waals surface area contributed by atoms with Gasteiger partial charge in [0.15, 0.2) is 0 Å². The van der Waals surface area contributed by atoms with E-state index in [2.05, 4.69) is 28.9 Å². The molecule has 1 heterocycles. The van der Waals surface area contributed by atoms with Gasteiger partial charge < -0.3 is 5.11 Å². The largest absolute Gasteiger partial charge is 0.481 e. The molecule has 4 nitrogen and oxygen atoms in total. The fraction of sp³-hybridized carbons (Fsp3) is 0.517. The average Bonchev–Trinajstić information content (AvgIpc) is 2.84. The molecule has 0 bridgehead atoms. The van der Waals surface area contributed by atoms with Gasteiger partial charge >= 0.3 is 12.1 Å².